The van der Waals surface area contributed by atoms with Gasteiger partial charge in [0.25, 0.3) is 0 Å². The van der Waals surface area contributed by atoms with E-state index in [1.807, 2.05) is 13.8 Å². The van der Waals surface area contributed by atoms with Crippen LogP contribution in [0.2, 0.25) is 0 Å². The Morgan fingerprint density at radius 1 is 1.36 bits per heavy atom. The Hall–Kier alpha value is -1.73. The molecule has 0 unspecified atom stereocenters. The monoisotopic (exact) mass is 190 g/mol. The maximum Gasteiger partial charge on any atom is 0.152 e. The summed E-state index contributed by atoms with van der Waals surface area (Å²) in [6.45, 7) is 12.1. The van der Waals surface area contributed by atoms with E-state index in [9.17, 15) is 4.79 Å². The minimum absolute atomic E-state index is 0.0185. The fourth-order valence-corrected chi connectivity index (χ4v) is 0.0589. The minimum atomic E-state index is -0.125. The van der Waals surface area contributed by atoms with Crippen LogP contribution in [0.15, 0.2) is 25.3 Å². The highest BCUT2D eigenvalue weighted by Gasteiger charge is 2.04. The predicted octanol–water partition coefficient (Wildman–Crippen LogP) is 2.84. The molecule has 76 valence electrons. The van der Waals surface area contributed by atoms with Gasteiger partial charge in [-0.15, -0.1) is 25.8 Å². The van der Waals surface area contributed by atoms with Crippen LogP contribution in [0, 0.1) is 30.6 Å². The standard InChI is InChI=1S/C7H10.C4H6O.C2H2/c1-5-7(3,4)6-2;1-3-4(2)5;1-2/h1,6H,2H2,3-4H3;3H,1H2,2H3;1-2H. The van der Waals surface area contributed by atoms with Crippen molar-refractivity contribution in [2.75, 3.05) is 0 Å². The van der Waals surface area contributed by atoms with Crippen molar-refractivity contribution < 1.29 is 4.79 Å². The second-order valence-electron chi connectivity index (χ2n) is 2.88. The number of hydrogen-bond acceptors (Lipinski definition) is 1. The summed E-state index contributed by atoms with van der Waals surface area (Å²) < 4.78 is 0. The Labute approximate surface area is 87.9 Å². The normalized spacial score (nSPS) is 7.43. The molecule has 0 amide bonds. The average Bonchev–Trinajstić information content (AvgIpc) is 2.21. The molecule has 0 saturated carbocycles. The lowest BCUT2D eigenvalue weighted by atomic mass is 9.96. The Morgan fingerprint density at radius 2 is 1.64 bits per heavy atom. The molecule has 0 aliphatic heterocycles. The van der Waals surface area contributed by atoms with Gasteiger partial charge in [0, 0.05) is 5.41 Å². The summed E-state index contributed by atoms with van der Waals surface area (Å²) in [5.41, 5.74) is -0.125. The minimum Gasteiger partial charge on any atom is -0.295 e. The molecule has 0 atom stereocenters. The summed E-state index contributed by atoms with van der Waals surface area (Å²) in [7, 11) is 0. The predicted molar refractivity (Wildman–Crippen MR) is 63.6 cm³/mol. The number of terminal acetylenes is 2. The topological polar surface area (TPSA) is 17.1 Å². The van der Waals surface area contributed by atoms with E-state index in [0.29, 0.717) is 0 Å². The lowest BCUT2D eigenvalue weighted by Gasteiger charge is -2.07. The van der Waals surface area contributed by atoms with E-state index in [1.54, 1.807) is 6.08 Å². The maximum atomic E-state index is 9.69. The zero-order valence-electron chi connectivity index (χ0n) is 9.21. The number of carbonyl (C=O) groups is 1. The van der Waals surface area contributed by atoms with Crippen molar-refractivity contribution in [3.05, 3.63) is 25.3 Å². The average molecular weight is 190 g/mol. The molecule has 0 aliphatic rings. The first-order chi connectivity index (χ1) is 6.39. The highest BCUT2D eigenvalue weighted by molar-refractivity contribution is 5.86. The van der Waals surface area contributed by atoms with Crippen LogP contribution in [0.5, 0.6) is 0 Å². The van der Waals surface area contributed by atoms with Crippen LogP contribution in [-0.4, -0.2) is 5.78 Å². The van der Waals surface area contributed by atoms with Gasteiger partial charge in [0.15, 0.2) is 5.78 Å². The van der Waals surface area contributed by atoms with Gasteiger partial charge >= 0.3 is 0 Å². The molecule has 0 saturated heterocycles. The molecule has 0 N–H and O–H groups in total. The molecule has 0 fully saturated rings. The van der Waals surface area contributed by atoms with Crippen LogP contribution in [0.4, 0.5) is 0 Å². The summed E-state index contributed by atoms with van der Waals surface area (Å²) in [5, 5.41) is 0. The second kappa shape index (κ2) is 11.3. The Bertz CT molecular complexity index is 236. The first kappa shape index (κ1) is 18.1. The lowest BCUT2D eigenvalue weighted by molar-refractivity contribution is -0.112. The third kappa shape index (κ3) is 22.4. The molecule has 14 heavy (non-hydrogen) atoms. The highest BCUT2D eigenvalue weighted by atomic mass is 16.1. The van der Waals surface area contributed by atoms with Crippen molar-refractivity contribution in [2.45, 2.75) is 20.8 Å². The quantitative estimate of drug-likeness (QED) is 0.372. The molecular formula is C13H18O. The van der Waals surface area contributed by atoms with Crippen LogP contribution in [0.25, 0.3) is 0 Å². The van der Waals surface area contributed by atoms with Gasteiger partial charge in [0.05, 0.1) is 0 Å². The van der Waals surface area contributed by atoms with E-state index in [0.717, 1.165) is 0 Å². The largest absolute Gasteiger partial charge is 0.295 e. The third-order valence-corrected chi connectivity index (χ3v) is 1.17. The van der Waals surface area contributed by atoms with Gasteiger partial charge in [-0.05, 0) is 26.8 Å². The molecule has 0 bridgehead atoms. The molecule has 0 aromatic rings. The molecule has 0 aliphatic carbocycles. The fraction of sp³-hybridized carbons (Fsp3) is 0.308. The maximum absolute atomic E-state index is 9.69. The van der Waals surface area contributed by atoms with E-state index >= 15 is 0 Å². The van der Waals surface area contributed by atoms with Crippen LogP contribution < -0.4 is 0 Å². The zero-order chi connectivity index (χ0) is 12.2. The number of ketones is 1. The molecule has 0 aromatic carbocycles. The van der Waals surface area contributed by atoms with E-state index in [1.165, 1.54) is 13.0 Å². The van der Waals surface area contributed by atoms with E-state index in [2.05, 4.69) is 31.9 Å². The Kier molecular flexibility index (Phi) is 14.6. The SMILES string of the molecule is C#C.C#CC(C)(C)C=C.C=CC(C)=O. The molecule has 0 rings (SSSR count). The summed E-state index contributed by atoms with van der Waals surface area (Å²) in [6.07, 6.45) is 16.1. The number of carbonyl (C=O) groups excluding carboxylic acids is 1. The molecule has 0 aromatic heterocycles. The zero-order valence-corrected chi connectivity index (χ0v) is 9.21. The van der Waals surface area contributed by atoms with Gasteiger partial charge in [-0.2, -0.15) is 0 Å². The molecular weight excluding hydrogens is 172 g/mol. The highest BCUT2D eigenvalue weighted by Crippen LogP contribution is 2.12. The molecule has 0 radical (unpaired) electrons. The van der Waals surface area contributed by atoms with Gasteiger partial charge in [0.2, 0.25) is 0 Å². The molecule has 1 nitrogen and oxygen atoms in total. The summed E-state index contributed by atoms with van der Waals surface area (Å²) in [5.74, 6) is 2.59. The van der Waals surface area contributed by atoms with Crippen molar-refractivity contribution >= 4 is 5.78 Å². The molecule has 1 heteroatoms. The number of rotatable bonds is 2. The van der Waals surface area contributed by atoms with Crippen LogP contribution in [0.1, 0.15) is 20.8 Å². The van der Waals surface area contributed by atoms with Crippen molar-refractivity contribution in [1.82, 2.24) is 0 Å². The van der Waals surface area contributed by atoms with Crippen molar-refractivity contribution in [1.29, 1.82) is 0 Å². The van der Waals surface area contributed by atoms with Crippen molar-refractivity contribution in [3.8, 4) is 25.2 Å². The van der Waals surface area contributed by atoms with Crippen molar-refractivity contribution in [2.24, 2.45) is 5.41 Å². The summed E-state index contributed by atoms with van der Waals surface area (Å²) in [4.78, 5) is 9.69. The van der Waals surface area contributed by atoms with Crippen LogP contribution in [0.3, 0.4) is 0 Å². The first-order valence-electron chi connectivity index (χ1n) is 3.97. The van der Waals surface area contributed by atoms with E-state index in [4.69, 9.17) is 6.42 Å². The Balaban J connectivity index is -0.000000152. The lowest BCUT2D eigenvalue weighted by Crippen LogP contribution is -2.00. The Morgan fingerprint density at radius 3 is 1.64 bits per heavy atom. The van der Waals surface area contributed by atoms with Crippen LogP contribution >= 0.6 is 0 Å². The van der Waals surface area contributed by atoms with Crippen LogP contribution in [-0.2, 0) is 4.79 Å². The number of hydrogen-bond donors (Lipinski definition) is 0. The third-order valence-electron chi connectivity index (χ3n) is 1.17. The fourth-order valence-electron chi connectivity index (χ4n) is 0.0589. The molecule has 0 heterocycles. The van der Waals surface area contributed by atoms with Crippen molar-refractivity contribution in [3.63, 3.8) is 0 Å². The smallest absolute Gasteiger partial charge is 0.152 e. The second-order valence-corrected chi connectivity index (χ2v) is 2.88. The molecule has 0 spiro atoms. The van der Waals surface area contributed by atoms with Gasteiger partial charge in [-0.3, -0.25) is 4.79 Å². The van der Waals surface area contributed by atoms with Gasteiger partial charge in [-0.1, -0.05) is 18.6 Å². The van der Waals surface area contributed by atoms with E-state index in [-0.39, 0.29) is 11.2 Å². The van der Waals surface area contributed by atoms with E-state index < -0.39 is 0 Å². The van der Waals surface area contributed by atoms with Gasteiger partial charge in [0.1, 0.15) is 0 Å². The number of allylic oxidation sites excluding steroid dienone is 2. The first-order valence-corrected chi connectivity index (χ1v) is 3.97. The summed E-state index contributed by atoms with van der Waals surface area (Å²) in [6, 6.07) is 0. The van der Waals surface area contributed by atoms with Gasteiger partial charge < -0.3 is 0 Å². The summed E-state index contributed by atoms with van der Waals surface area (Å²) >= 11 is 0. The van der Waals surface area contributed by atoms with Gasteiger partial charge in [-0.25, -0.2) is 0 Å².